The largest absolute Gasteiger partial charge is 0.306 e. The number of hydrogen-bond acceptors (Lipinski definition) is 3. The van der Waals surface area contributed by atoms with E-state index in [2.05, 4.69) is 10.2 Å². The summed E-state index contributed by atoms with van der Waals surface area (Å²) in [7, 11) is 0. The molecule has 0 amide bonds. The molecule has 130 valence electrons. The van der Waals surface area contributed by atoms with E-state index in [0.29, 0.717) is 27.8 Å². The Labute approximate surface area is 160 Å². The summed E-state index contributed by atoms with van der Waals surface area (Å²) < 4.78 is 15.9. The lowest BCUT2D eigenvalue weighted by atomic mass is 10.1. The van der Waals surface area contributed by atoms with Crippen LogP contribution >= 0.6 is 35.0 Å². The molecule has 0 N–H and O–H groups in total. The molecule has 0 aliphatic rings. The summed E-state index contributed by atoms with van der Waals surface area (Å²) in [6.07, 6.45) is 0.666. The smallest absolute Gasteiger partial charge is 0.191 e. The normalized spacial score (nSPS) is 11.0. The molecule has 2 aromatic carbocycles. The van der Waals surface area contributed by atoms with Crippen LogP contribution in [0.5, 0.6) is 0 Å². The van der Waals surface area contributed by atoms with E-state index in [9.17, 15) is 4.39 Å². The van der Waals surface area contributed by atoms with Crippen LogP contribution in [0.4, 0.5) is 4.39 Å². The van der Waals surface area contributed by atoms with Crippen molar-refractivity contribution in [2.24, 2.45) is 0 Å². The fourth-order valence-corrected chi connectivity index (χ4v) is 3.96. The molecule has 0 atom stereocenters. The molecule has 0 unspecified atom stereocenters. The van der Waals surface area contributed by atoms with Crippen LogP contribution < -0.4 is 0 Å². The van der Waals surface area contributed by atoms with Gasteiger partial charge in [0.15, 0.2) is 5.16 Å². The van der Waals surface area contributed by atoms with E-state index in [1.807, 2.05) is 35.8 Å². The highest BCUT2D eigenvalue weighted by Gasteiger charge is 2.14. The van der Waals surface area contributed by atoms with Gasteiger partial charge in [-0.25, -0.2) is 4.39 Å². The van der Waals surface area contributed by atoms with E-state index < -0.39 is 0 Å². The summed E-state index contributed by atoms with van der Waals surface area (Å²) in [6.45, 7) is 2.78. The first-order valence-corrected chi connectivity index (χ1v) is 9.55. The molecule has 25 heavy (non-hydrogen) atoms. The Hall–Kier alpha value is -1.56. The molecule has 3 nitrogen and oxygen atoms in total. The van der Waals surface area contributed by atoms with E-state index >= 15 is 0 Å². The van der Waals surface area contributed by atoms with Gasteiger partial charge in [-0.1, -0.05) is 53.2 Å². The Morgan fingerprint density at radius 1 is 1.08 bits per heavy atom. The van der Waals surface area contributed by atoms with Crippen molar-refractivity contribution < 1.29 is 4.39 Å². The Morgan fingerprint density at radius 3 is 2.52 bits per heavy atom. The fraction of sp³-hybridized carbons (Fsp3) is 0.222. The molecule has 0 spiro atoms. The molecule has 0 aliphatic heterocycles. The highest BCUT2D eigenvalue weighted by molar-refractivity contribution is 7.98. The lowest BCUT2D eigenvalue weighted by molar-refractivity contribution is 0.617. The van der Waals surface area contributed by atoms with Crippen molar-refractivity contribution in [1.82, 2.24) is 14.8 Å². The van der Waals surface area contributed by atoms with E-state index in [1.165, 1.54) is 17.8 Å². The molecular formula is C18H16Cl2FN3S. The van der Waals surface area contributed by atoms with Gasteiger partial charge in [-0.3, -0.25) is 0 Å². The zero-order valence-electron chi connectivity index (χ0n) is 13.5. The lowest BCUT2D eigenvalue weighted by Gasteiger charge is -2.08. The summed E-state index contributed by atoms with van der Waals surface area (Å²) in [5.41, 5.74) is 1.60. The number of halogens is 3. The zero-order chi connectivity index (χ0) is 17.8. The second-order valence-electron chi connectivity index (χ2n) is 5.44. The van der Waals surface area contributed by atoms with E-state index in [1.54, 1.807) is 12.1 Å². The van der Waals surface area contributed by atoms with Crippen molar-refractivity contribution >= 4 is 35.0 Å². The minimum atomic E-state index is -0.302. The second kappa shape index (κ2) is 8.21. The molecule has 3 rings (SSSR count). The Morgan fingerprint density at radius 2 is 1.84 bits per heavy atom. The number of rotatable bonds is 6. The first kappa shape index (κ1) is 18.2. The second-order valence-corrected chi connectivity index (χ2v) is 7.22. The van der Waals surface area contributed by atoms with Gasteiger partial charge in [0.1, 0.15) is 11.6 Å². The molecule has 3 aromatic rings. The van der Waals surface area contributed by atoms with Gasteiger partial charge in [0.05, 0.1) is 0 Å². The topological polar surface area (TPSA) is 30.7 Å². The zero-order valence-corrected chi connectivity index (χ0v) is 15.9. The third kappa shape index (κ3) is 4.35. The van der Waals surface area contributed by atoms with Gasteiger partial charge in [-0.15, -0.1) is 10.2 Å². The van der Waals surface area contributed by atoms with Crippen molar-refractivity contribution in [3.8, 4) is 0 Å². The predicted octanol–water partition coefficient (Wildman–Crippen LogP) is 5.63. The van der Waals surface area contributed by atoms with Crippen LogP contribution in [0.15, 0.2) is 47.6 Å². The minimum absolute atomic E-state index is 0.302. The molecule has 0 bridgehead atoms. The average molecular weight is 396 g/mol. The maximum atomic E-state index is 13.9. The molecule has 1 aromatic heterocycles. The number of aromatic nitrogens is 3. The highest BCUT2D eigenvalue weighted by atomic mass is 35.5. The molecule has 0 radical (unpaired) electrons. The van der Waals surface area contributed by atoms with Crippen LogP contribution in [0.2, 0.25) is 10.0 Å². The van der Waals surface area contributed by atoms with Crippen LogP contribution in [0, 0.1) is 5.82 Å². The first-order chi connectivity index (χ1) is 12.1. The van der Waals surface area contributed by atoms with Gasteiger partial charge in [0.2, 0.25) is 0 Å². The van der Waals surface area contributed by atoms with Gasteiger partial charge in [-0.05, 0) is 36.8 Å². The van der Waals surface area contributed by atoms with Crippen LogP contribution in [-0.2, 0) is 18.7 Å². The van der Waals surface area contributed by atoms with Gasteiger partial charge in [0.25, 0.3) is 0 Å². The Kier molecular flexibility index (Phi) is 5.99. The molecule has 7 heteroatoms. The SMILES string of the molecule is CCn1c(Cc2ccc(Cl)cc2)nnc1SCc1c(F)cccc1Cl. The van der Waals surface area contributed by atoms with Crippen LogP contribution in [0.3, 0.4) is 0 Å². The Bertz CT molecular complexity index is 845. The summed E-state index contributed by atoms with van der Waals surface area (Å²) in [5.74, 6) is 0.973. The molecular weight excluding hydrogens is 380 g/mol. The van der Waals surface area contributed by atoms with Crippen molar-refractivity contribution in [1.29, 1.82) is 0 Å². The van der Waals surface area contributed by atoms with E-state index in [4.69, 9.17) is 23.2 Å². The number of nitrogens with zero attached hydrogens (tertiary/aromatic N) is 3. The predicted molar refractivity (Wildman–Crippen MR) is 101 cm³/mol. The average Bonchev–Trinajstić information content (AvgIpc) is 2.98. The van der Waals surface area contributed by atoms with Gasteiger partial charge in [-0.2, -0.15) is 0 Å². The van der Waals surface area contributed by atoms with Crippen molar-refractivity contribution in [3.05, 3.63) is 75.3 Å². The quantitative estimate of drug-likeness (QED) is 0.506. The summed E-state index contributed by atoms with van der Waals surface area (Å²) in [5, 5.41) is 10.4. The standard InChI is InChI=1S/C18H16Cl2FN3S/c1-2-24-17(10-12-6-8-13(19)9-7-12)22-23-18(24)25-11-14-15(20)4-3-5-16(14)21/h3-9H,2,10-11H2,1H3. The van der Waals surface area contributed by atoms with E-state index in [0.717, 1.165) is 23.1 Å². The monoisotopic (exact) mass is 395 g/mol. The van der Waals surface area contributed by atoms with Crippen LogP contribution in [0.25, 0.3) is 0 Å². The third-order valence-corrected chi connectivity index (χ3v) is 5.39. The van der Waals surface area contributed by atoms with Gasteiger partial charge >= 0.3 is 0 Å². The highest BCUT2D eigenvalue weighted by Crippen LogP contribution is 2.28. The van der Waals surface area contributed by atoms with Crippen LogP contribution in [0.1, 0.15) is 23.9 Å². The van der Waals surface area contributed by atoms with Gasteiger partial charge < -0.3 is 4.57 Å². The van der Waals surface area contributed by atoms with Crippen molar-refractivity contribution in [2.45, 2.75) is 30.8 Å². The maximum absolute atomic E-state index is 13.9. The first-order valence-electron chi connectivity index (χ1n) is 7.80. The molecule has 0 aliphatic carbocycles. The molecule has 0 saturated heterocycles. The van der Waals surface area contributed by atoms with E-state index in [-0.39, 0.29) is 5.82 Å². The summed E-state index contributed by atoms with van der Waals surface area (Å²) >= 11 is 13.4. The fourth-order valence-electron chi connectivity index (χ4n) is 2.47. The molecule has 0 saturated carbocycles. The molecule has 1 heterocycles. The maximum Gasteiger partial charge on any atom is 0.191 e. The summed E-state index contributed by atoms with van der Waals surface area (Å²) in [6, 6.07) is 12.4. The van der Waals surface area contributed by atoms with Crippen molar-refractivity contribution in [3.63, 3.8) is 0 Å². The number of thioether (sulfide) groups is 1. The number of benzene rings is 2. The minimum Gasteiger partial charge on any atom is -0.306 e. The third-order valence-electron chi connectivity index (χ3n) is 3.79. The summed E-state index contributed by atoms with van der Waals surface area (Å²) in [4.78, 5) is 0. The molecule has 0 fully saturated rings. The number of hydrogen-bond donors (Lipinski definition) is 0. The Balaban J connectivity index is 1.77. The van der Waals surface area contributed by atoms with Crippen LogP contribution in [-0.4, -0.2) is 14.8 Å². The van der Waals surface area contributed by atoms with Crippen molar-refractivity contribution in [2.75, 3.05) is 0 Å². The van der Waals surface area contributed by atoms with Gasteiger partial charge in [0, 0.05) is 34.3 Å². The lowest BCUT2D eigenvalue weighted by Crippen LogP contribution is -2.04.